The maximum atomic E-state index is 8.55. The number of aliphatic hydroxyl groups excluding tert-OH is 1. The maximum Gasteiger partial charge on any atom is 0.0779 e. The Morgan fingerprint density at radius 1 is 1.21 bits per heavy atom. The summed E-state index contributed by atoms with van der Waals surface area (Å²) in [5.41, 5.74) is 2.48. The highest BCUT2D eigenvalue weighted by Gasteiger charge is 2.03. The van der Waals surface area contributed by atoms with E-state index >= 15 is 0 Å². The van der Waals surface area contributed by atoms with Crippen molar-refractivity contribution >= 4 is 23.2 Å². The third-order valence-electron chi connectivity index (χ3n) is 1.32. The molecule has 0 aliphatic rings. The molecule has 2 atom stereocenters. The number of halogens is 2. The highest BCUT2D eigenvalue weighted by atomic mass is 35.5. The van der Waals surface area contributed by atoms with E-state index < -0.39 is 0 Å². The van der Waals surface area contributed by atoms with Crippen molar-refractivity contribution in [3.63, 3.8) is 0 Å². The van der Waals surface area contributed by atoms with Crippen molar-refractivity contribution in [2.75, 3.05) is 20.3 Å². The van der Waals surface area contributed by atoms with Gasteiger partial charge in [0.15, 0.2) is 0 Å². The highest BCUT2D eigenvalue weighted by molar-refractivity contribution is 6.33. The topological polar surface area (TPSA) is 38.7 Å². The standard InChI is InChI=1S/C7H16O3.C2H2Cl2/c1-6(4-8)10-5-7(2)9-3;3-1-2-4/h6-8H,4-5H2,1-3H3;1-2H. The molecule has 0 amide bonds. The molecule has 0 heterocycles. The second-order valence-electron chi connectivity index (χ2n) is 2.62. The second-order valence-corrected chi connectivity index (χ2v) is 3.13. The summed E-state index contributed by atoms with van der Waals surface area (Å²) in [6.45, 7) is 4.35. The van der Waals surface area contributed by atoms with Gasteiger partial charge in [0.05, 0.1) is 25.4 Å². The minimum Gasteiger partial charge on any atom is -0.394 e. The summed E-state index contributed by atoms with van der Waals surface area (Å²) in [6, 6.07) is 0. The van der Waals surface area contributed by atoms with Gasteiger partial charge < -0.3 is 14.6 Å². The zero-order valence-corrected chi connectivity index (χ0v) is 10.3. The van der Waals surface area contributed by atoms with Crippen molar-refractivity contribution in [2.24, 2.45) is 0 Å². The molecule has 0 aliphatic heterocycles. The predicted octanol–water partition coefficient (Wildman–Crippen LogP) is 2.35. The molecule has 0 saturated heterocycles. The van der Waals surface area contributed by atoms with Gasteiger partial charge in [-0.2, -0.15) is 0 Å². The number of hydrogen-bond donors (Lipinski definition) is 1. The third-order valence-corrected chi connectivity index (χ3v) is 1.70. The average molecular weight is 245 g/mol. The smallest absolute Gasteiger partial charge is 0.0779 e. The first-order valence-electron chi connectivity index (χ1n) is 4.23. The second kappa shape index (κ2) is 13.2. The van der Waals surface area contributed by atoms with Gasteiger partial charge in [-0.3, -0.25) is 0 Å². The zero-order valence-electron chi connectivity index (χ0n) is 8.74. The fourth-order valence-electron chi connectivity index (χ4n) is 0.421. The van der Waals surface area contributed by atoms with E-state index in [1.54, 1.807) is 7.11 Å². The van der Waals surface area contributed by atoms with Gasteiger partial charge in [-0.15, -0.1) is 0 Å². The van der Waals surface area contributed by atoms with Gasteiger partial charge in [0.2, 0.25) is 0 Å². The molecule has 0 aromatic carbocycles. The lowest BCUT2D eigenvalue weighted by atomic mass is 10.4. The Balaban J connectivity index is 0. The van der Waals surface area contributed by atoms with Crippen LogP contribution in [0.1, 0.15) is 13.8 Å². The van der Waals surface area contributed by atoms with Crippen LogP contribution in [0.4, 0.5) is 0 Å². The van der Waals surface area contributed by atoms with Gasteiger partial charge in [0, 0.05) is 18.2 Å². The number of methoxy groups -OCH3 is 1. The molecule has 0 rings (SSSR count). The van der Waals surface area contributed by atoms with Gasteiger partial charge in [0.25, 0.3) is 0 Å². The summed E-state index contributed by atoms with van der Waals surface area (Å²) >= 11 is 9.75. The molecule has 1 N–H and O–H groups in total. The van der Waals surface area contributed by atoms with Crippen LogP contribution in [0.5, 0.6) is 0 Å². The third kappa shape index (κ3) is 14.7. The molecule has 14 heavy (non-hydrogen) atoms. The van der Waals surface area contributed by atoms with Gasteiger partial charge in [-0.05, 0) is 13.8 Å². The van der Waals surface area contributed by atoms with E-state index in [9.17, 15) is 0 Å². The Morgan fingerprint density at radius 3 is 2.00 bits per heavy atom. The number of rotatable bonds is 5. The van der Waals surface area contributed by atoms with Crippen molar-refractivity contribution in [3.8, 4) is 0 Å². The molecule has 0 aromatic heterocycles. The molecule has 86 valence electrons. The van der Waals surface area contributed by atoms with Crippen LogP contribution in [0.25, 0.3) is 0 Å². The minimum atomic E-state index is -0.0856. The summed E-state index contributed by atoms with van der Waals surface area (Å²) in [6.07, 6.45) is 0.0200. The summed E-state index contributed by atoms with van der Waals surface area (Å²) in [7, 11) is 1.64. The molecular formula is C9H18Cl2O3. The van der Waals surface area contributed by atoms with Crippen molar-refractivity contribution in [1.29, 1.82) is 0 Å². The highest BCUT2D eigenvalue weighted by Crippen LogP contribution is 1.93. The fraction of sp³-hybridized carbons (Fsp3) is 0.778. The van der Waals surface area contributed by atoms with Crippen LogP contribution in [-0.2, 0) is 9.47 Å². The summed E-state index contributed by atoms with van der Waals surface area (Å²) in [4.78, 5) is 0. The van der Waals surface area contributed by atoms with Crippen molar-refractivity contribution in [1.82, 2.24) is 0 Å². The first-order chi connectivity index (χ1) is 6.62. The van der Waals surface area contributed by atoms with Crippen LogP contribution in [0.15, 0.2) is 11.1 Å². The Bertz CT molecular complexity index is 117. The van der Waals surface area contributed by atoms with Gasteiger partial charge >= 0.3 is 0 Å². The lowest BCUT2D eigenvalue weighted by Crippen LogP contribution is -2.21. The van der Waals surface area contributed by atoms with Gasteiger partial charge in [-0.25, -0.2) is 0 Å². The van der Waals surface area contributed by atoms with Crippen LogP contribution in [0.3, 0.4) is 0 Å². The molecule has 0 spiro atoms. The predicted molar refractivity (Wildman–Crippen MR) is 59.8 cm³/mol. The number of aliphatic hydroxyl groups is 1. The fourth-order valence-corrected chi connectivity index (χ4v) is 0.421. The SMILES string of the molecule is COC(C)COC(C)CO.ClC=CCl. The molecule has 0 fully saturated rings. The normalized spacial score (nSPS) is 14.7. The number of ether oxygens (including phenoxy) is 2. The van der Waals surface area contributed by atoms with E-state index in [0.717, 1.165) is 0 Å². The molecule has 0 aromatic rings. The lowest BCUT2D eigenvalue weighted by Gasteiger charge is -2.13. The van der Waals surface area contributed by atoms with Crippen LogP contribution < -0.4 is 0 Å². The van der Waals surface area contributed by atoms with Crippen LogP contribution in [0.2, 0.25) is 0 Å². The largest absolute Gasteiger partial charge is 0.394 e. The van der Waals surface area contributed by atoms with Crippen molar-refractivity contribution < 1.29 is 14.6 Å². The molecule has 0 aliphatic carbocycles. The monoisotopic (exact) mass is 244 g/mol. The molecule has 2 unspecified atom stereocenters. The summed E-state index contributed by atoms with van der Waals surface area (Å²) in [5.74, 6) is 0. The van der Waals surface area contributed by atoms with Crippen LogP contribution in [0, 0.1) is 0 Å². The molecule has 0 bridgehead atoms. The maximum absolute atomic E-state index is 8.55. The Kier molecular flexibility index (Phi) is 15.7. The van der Waals surface area contributed by atoms with E-state index in [1.807, 2.05) is 13.8 Å². The Hall–Kier alpha value is 0.200. The van der Waals surface area contributed by atoms with Crippen molar-refractivity contribution in [2.45, 2.75) is 26.1 Å². The first-order valence-corrected chi connectivity index (χ1v) is 5.10. The molecular weight excluding hydrogens is 227 g/mol. The Morgan fingerprint density at radius 2 is 1.71 bits per heavy atom. The molecule has 0 saturated carbocycles. The lowest BCUT2D eigenvalue weighted by molar-refractivity contribution is -0.0313. The average Bonchev–Trinajstić information content (AvgIpc) is 2.25. The Labute approximate surface area is 95.6 Å². The van der Waals surface area contributed by atoms with Crippen molar-refractivity contribution in [3.05, 3.63) is 11.1 Å². The molecule has 3 nitrogen and oxygen atoms in total. The van der Waals surface area contributed by atoms with Gasteiger partial charge in [0.1, 0.15) is 0 Å². The van der Waals surface area contributed by atoms with Gasteiger partial charge in [-0.1, -0.05) is 23.2 Å². The minimum absolute atomic E-state index is 0.0659. The first kappa shape index (κ1) is 16.6. The zero-order chi connectivity index (χ0) is 11.4. The van der Waals surface area contributed by atoms with Crippen LogP contribution >= 0.6 is 23.2 Å². The molecule has 0 radical (unpaired) electrons. The van der Waals surface area contributed by atoms with Crippen LogP contribution in [-0.4, -0.2) is 37.6 Å². The van der Waals surface area contributed by atoms with E-state index in [1.165, 1.54) is 11.1 Å². The van der Waals surface area contributed by atoms with E-state index in [4.69, 9.17) is 37.8 Å². The van der Waals surface area contributed by atoms with E-state index in [2.05, 4.69) is 0 Å². The quantitative estimate of drug-likeness (QED) is 0.808. The summed E-state index contributed by atoms with van der Waals surface area (Å²) < 4.78 is 10.1. The van der Waals surface area contributed by atoms with E-state index in [0.29, 0.717) is 6.61 Å². The molecule has 5 heteroatoms. The number of hydrogen-bond acceptors (Lipinski definition) is 3. The summed E-state index contributed by atoms with van der Waals surface area (Å²) in [5, 5.41) is 8.55. The van der Waals surface area contributed by atoms with E-state index in [-0.39, 0.29) is 18.8 Å².